The van der Waals surface area contributed by atoms with Gasteiger partial charge in [-0.05, 0) is 62.1 Å². The number of carbonyl (C=O) groups excluding carboxylic acids is 1. The van der Waals surface area contributed by atoms with E-state index < -0.39 is 11.5 Å². The number of nitrogens with one attached hydrogen (secondary N) is 1. The average Bonchev–Trinajstić information content (AvgIpc) is 3.32. The molecule has 0 saturated carbocycles. The number of hydrogen-bond donors (Lipinski definition) is 1. The van der Waals surface area contributed by atoms with E-state index >= 15 is 0 Å². The van der Waals surface area contributed by atoms with Gasteiger partial charge in [0.15, 0.2) is 0 Å². The number of nitrogens with zero attached hydrogens (tertiary/aromatic N) is 3. The van der Waals surface area contributed by atoms with Crippen LogP contribution in [0.1, 0.15) is 29.5 Å². The van der Waals surface area contributed by atoms with Gasteiger partial charge in [0.25, 0.3) is 11.5 Å². The van der Waals surface area contributed by atoms with Crippen LogP contribution in [0.25, 0.3) is 11.7 Å². The Morgan fingerprint density at radius 1 is 1.36 bits per heavy atom. The van der Waals surface area contributed by atoms with Crippen LogP contribution < -0.4 is 15.6 Å². The van der Waals surface area contributed by atoms with E-state index in [0.717, 1.165) is 24.0 Å². The van der Waals surface area contributed by atoms with Gasteiger partial charge in [-0.1, -0.05) is 18.2 Å². The van der Waals surface area contributed by atoms with Gasteiger partial charge in [-0.25, -0.2) is 0 Å². The molecule has 1 atom stereocenters. The summed E-state index contributed by atoms with van der Waals surface area (Å²) in [7, 11) is 0. The summed E-state index contributed by atoms with van der Waals surface area (Å²) in [5, 5.41) is 12.3. The van der Waals surface area contributed by atoms with Gasteiger partial charge in [-0.3, -0.25) is 14.0 Å². The zero-order chi connectivity index (χ0) is 23.4. The first-order valence-corrected chi connectivity index (χ1v) is 10.7. The SMILES string of the molecule is Cc1cccc(Oc2nc3c(C)cccn3c(=O)c2/C=C(\C#N)C(=O)NC[C@@H]2CCCO2)c1. The normalized spacial score (nSPS) is 15.9. The summed E-state index contributed by atoms with van der Waals surface area (Å²) in [6, 6.07) is 12.8. The molecule has 0 unspecified atom stereocenters. The van der Waals surface area contributed by atoms with Crippen LogP contribution in [0.4, 0.5) is 0 Å². The van der Waals surface area contributed by atoms with Crippen LogP contribution in [-0.4, -0.2) is 34.5 Å². The van der Waals surface area contributed by atoms with E-state index in [1.54, 1.807) is 18.3 Å². The quantitative estimate of drug-likeness (QED) is 0.462. The van der Waals surface area contributed by atoms with Crippen molar-refractivity contribution in [3.8, 4) is 17.7 Å². The number of rotatable bonds is 6. The molecule has 3 heterocycles. The molecule has 1 saturated heterocycles. The molecule has 1 fully saturated rings. The summed E-state index contributed by atoms with van der Waals surface area (Å²) in [6.45, 7) is 4.73. The van der Waals surface area contributed by atoms with E-state index in [4.69, 9.17) is 9.47 Å². The number of aromatic nitrogens is 2. The number of ether oxygens (including phenoxy) is 2. The van der Waals surface area contributed by atoms with Gasteiger partial charge < -0.3 is 14.8 Å². The third-order valence-electron chi connectivity index (χ3n) is 5.42. The number of nitriles is 1. The largest absolute Gasteiger partial charge is 0.438 e. The van der Waals surface area contributed by atoms with E-state index in [2.05, 4.69) is 10.3 Å². The van der Waals surface area contributed by atoms with E-state index in [-0.39, 0.29) is 23.1 Å². The van der Waals surface area contributed by atoms with Gasteiger partial charge in [-0.15, -0.1) is 0 Å². The number of benzene rings is 1. The summed E-state index contributed by atoms with van der Waals surface area (Å²) >= 11 is 0. The fourth-order valence-electron chi connectivity index (χ4n) is 3.68. The highest BCUT2D eigenvalue weighted by Crippen LogP contribution is 2.25. The van der Waals surface area contributed by atoms with E-state index in [1.807, 2.05) is 44.2 Å². The maximum atomic E-state index is 13.3. The lowest BCUT2D eigenvalue weighted by Crippen LogP contribution is -2.32. The number of pyridine rings is 1. The van der Waals surface area contributed by atoms with Crippen molar-refractivity contribution < 1.29 is 14.3 Å². The molecule has 0 spiro atoms. The Labute approximate surface area is 191 Å². The number of carbonyl (C=O) groups is 1. The minimum atomic E-state index is -0.580. The molecule has 1 aliphatic heterocycles. The zero-order valence-electron chi connectivity index (χ0n) is 18.5. The molecule has 0 aliphatic carbocycles. The van der Waals surface area contributed by atoms with Crippen LogP contribution in [0, 0.1) is 25.2 Å². The second kappa shape index (κ2) is 9.67. The first-order chi connectivity index (χ1) is 16.0. The molecule has 168 valence electrons. The Morgan fingerprint density at radius 3 is 2.94 bits per heavy atom. The lowest BCUT2D eigenvalue weighted by molar-refractivity contribution is -0.117. The van der Waals surface area contributed by atoms with E-state index in [0.29, 0.717) is 24.5 Å². The summed E-state index contributed by atoms with van der Waals surface area (Å²) in [6.07, 6.45) is 4.57. The Bertz CT molecular complexity index is 1330. The predicted octanol–water partition coefficient (Wildman–Crippen LogP) is 3.31. The molecule has 0 radical (unpaired) electrons. The van der Waals surface area contributed by atoms with Gasteiger partial charge in [-0.2, -0.15) is 10.2 Å². The second-order valence-electron chi connectivity index (χ2n) is 7.95. The molecular formula is C25H24N4O4. The Hall–Kier alpha value is -3.96. The molecule has 33 heavy (non-hydrogen) atoms. The van der Waals surface area contributed by atoms with Crippen LogP contribution in [-0.2, 0) is 9.53 Å². The summed E-state index contributed by atoms with van der Waals surface area (Å²) in [5.41, 5.74) is 1.56. The van der Waals surface area contributed by atoms with Crippen LogP contribution in [0.5, 0.6) is 11.6 Å². The van der Waals surface area contributed by atoms with Gasteiger partial charge in [0.1, 0.15) is 28.6 Å². The summed E-state index contributed by atoms with van der Waals surface area (Å²) in [4.78, 5) is 30.5. The van der Waals surface area contributed by atoms with E-state index in [1.165, 1.54) is 10.5 Å². The van der Waals surface area contributed by atoms with Crippen molar-refractivity contribution >= 4 is 17.6 Å². The number of aryl methyl sites for hydroxylation is 2. The fraction of sp³-hybridized carbons (Fsp3) is 0.280. The highest BCUT2D eigenvalue weighted by atomic mass is 16.5. The van der Waals surface area contributed by atoms with E-state index in [9.17, 15) is 14.9 Å². The van der Waals surface area contributed by atoms with Gasteiger partial charge in [0.2, 0.25) is 5.88 Å². The van der Waals surface area contributed by atoms with Gasteiger partial charge in [0.05, 0.1) is 6.10 Å². The highest BCUT2D eigenvalue weighted by Gasteiger charge is 2.20. The molecular weight excluding hydrogens is 420 g/mol. The molecule has 1 aromatic carbocycles. The molecule has 1 amide bonds. The van der Waals surface area contributed by atoms with Crippen molar-refractivity contribution in [1.29, 1.82) is 5.26 Å². The fourth-order valence-corrected chi connectivity index (χ4v) is 3.68. The molecule has 2 aromatic heterocycles. The van der Waals surface area contributed by atoms with Crippen LogP contribution in [0.15, 0.2) is 53.0 Å². The molecule has 8 nitrogen and oxygen atoms in total. The molecule has 8 heteroatoms. The lowest BCUT2D eigenvalue weighted by Gasteiger charge is -2.12. The molecule has 0 bridgehead atoms. The first kappa shape index (κ1) is 22.2. The minimum Gasteiger partial charge on any atom is -0.438 e. The third kappa shape index (κ3) is 4.94. The second-order valence-corrected chi connectivity index (χ2v) is 7.95. The standard InChI is InChI=1S/C25H24N4O4/c1-16-6-3-8-19(12-16)33-24-21(25(31)29-10-4-7-17(2)22(29)28-24)13-18(14-26)23(30)27-15-20-9-5-11-32-20/h3-4,6-8,10,12-13,20H,5,9,11,15H2,1-2H3,(H,27,30)/b18-13+/t20-/m0/s1. The van der Waals surface area contributed by atoms with Crippen molar-refractivity contribution in [1.82, 2.24) is 14.7 Å². The molecule has 3 aromatic rings. The maximum absolute atomic E-state index is 13.3. The first-order valence-electron chi connectivity index (χ1n) is 10.7. The number of hydrogen-bond acceptors (Lipinski definition) is 6. The Morgan fingerprint density at radius 2 is 2.21 bits per heavy atom. The lowest BCUT2D eigenvalue weighted by atomic mass is 10.1. The average molecular weight is 444 g/mol. The van der Waals surface area contributed by atoms with Crippen molar-refractivity contribution in [3.05, 3.63) is 75.2 Å². The Kier molecular flexibility index (Phi) is 6.52. The molecule has 1 N–H and O–H groups in total. The van der Waals surface area contributed by atoms with Crippen molar-refractivity contribution in [2.45, 2.75) is 32.8 Å². The van der Waals surface area contributed by atoms with Crippen LogP contribution in [0.2, 0.25) is 0 Å². The predicted molar refractivity (Wildman–Crippen MR) is 123 cm³/mol. The monoisotopic (exact) mass is 444 g/mol. The number of fused-ring (bicyclic) bond motifs is 1. The molecule has 4 rings (SSSR count). The topological polar surface area (TPSA) is 106 Å². The summed E-state index contributed by atoms with van der Waals surface area (Å²) < 4.78 is 12.9. The summed E-state index contributed by atoms with van der Waals surface area (Å²) in [5.74, 6) is -0.0568. The van der Waals surface area contributed by atoms with Crippen LogP contribution >= 0.6 is 0 Å². The Balaban J connectivity index is 1.76. The maximum Gasteiger partial charge on any atom is 0.269 e. The van der Waals surface area contributed by atoms with Crippen molar-refractivity contribution in [2.24, 2.45) is 0 Å². The highest BCUT2D eigenvalue weighted by molar-refractivity contribution is 6.01. The zero-order valence-corrected chi connectivity index (χ0v) is 18.5. The van der Waals surface area contributed by atoms with Gasteiger partial charge in [0, 0.05) is 19.3 Å². The molecule has 1 aliphatic rings. The number of amides is 1. The third-order valence-corrected chi connectivity index (χ3v) is 5.42. The van der Waals surface area contributed by atoms with Gasteiger partial charge >= 0.3 is 0 Å². The smallest absolute Gasteiger partial charge is 0.269 e. The van der Waals surface area contributed by atoms with Crippen LogP contribution in [0.3, 0.4) is 0 Å². The minimum absolute atomic E-state index is 0.0171. The van der Waals surface area contributed by atoms with Crippen molar-refractivity contribution in [3.63, 3.8) is 0 Å². The van der Waals surface area contributed by atoms with Crippen molar-refractivity contribution in [2.75, 3.05) is 13.2 Å².